The van der Waals surface area contributed by atoms with Gasteiger partial charge in [-0.1, -0.05) is 55.9 Å². The maximum Gasteiger partial charge on any atom is 0.123 e. The largest absolute Gasteiger partial charge is 0.497 e. The normalized spacial score (nSPS) is 10.3. The van der Waals surface area contributed by atoms with Crippen molar-refractivity contribution in [3.63, 3.8) is 0 Å². The molecule has 0 radical (unpaired) electrons. The molecule has 0 fully saturated rings. The molecule has 1 N–H and O–H groups in total. The van der Waals surface area contributed by atoms with E-state index in [4.69, 9.17) is 30.2 Å². The first-order chi connectivity index (χ1) is 20.9. The van der Waals surface area contributed by atoms with Gasteiger partial charge < -0.3 is 28.6 Å². The molecule has 0 aliphatic rings. The molecule has 226 valence electrons. The molecular weight excluding hydrogens is 579 g/mol. The molecule has 0 amide bonds. The molecule has 5 aromatic rings. The minimum absolute atomic E-state index is 0.110. The average Bonchev–Trinajstić information content (AvgIpc) is 3.55. The summed E-state index contributed by atoms with van der Waals surface area (Å²) < 4.78 is 23.2. The summed E-state index contributed by atoms with van der Waals surface area (Å²) in [5.41, 5.74) is 7.62. The van der Waals surface area contributed by atoms with Gasteiger partial charge in [0.2, 0.25) is 0 Å². The van der Waals surface area contributed by atoms with Crippen molar-refractivity contribution >= 4 is 35.9 Å². The van der Waals surface area contributed by atoms with Gasteiger partial charge in [0.05, 0.1) is 36.5 Å². The van der Waals surface area contributed by atoms with Crippen LogP contribution in [0.1, 0.15) is 19.4 Å². The zero-order chi connectivity index (χ0) is 31.4. The fourth-order valence-corrected chi connectivity index (χ4v) is 5.28. The van der Waals surface area contributed by atoms with Gasteiger partial charge in [-0.2, -0.15) is 0 Å². The van der Waals surface area contributed by atoms with Crippen LogP contribution in [0.4, 0.5) is 5.69 Å². The molecule has 0 aliphatic carbocycles. The molecule has 0 saturated carbocycles. The van der Waals surface area contributed by atoms with E-state index in [1.807, 2.05) is 61.1 Å². The van der Waals surface area contributed by atoms with Crippen molar-refractivity contribution in [2.45, 2.75) is 20.8 Å². The van der Waals surface area contributed by atoms with Gasteiger partial charge in [0, 0.05) is 35.7 Å². The molecule has 1 aromatic heterocycles. The third-order valence-corrected chi connectivity index (χ3v) is 7.82. The number of halogens is 1. The summed E-state index contributed by atoms with van der Waals surface area (Å²) in [6.07, 6.45) is 3.68. The Morgan fingerprint density at radius 2 is 1.16 bits per heavy atom. The Kier molecular flexibility index (Phi) is 12.8. The maximum absolute atomic E-state index is 6.01. The van der Waals surface area contributed by atoms with Gasteiger partial charge in [-0.25, -0.2) is 0 Å². The number of ether oxygens (including phenoxy) is 4. The standard InChI is InChI=1S/C17H19ClNO2P.C16H15NO2.C2H6/c1-5-19(22-18)17-10-13(7-6-12(17)2)14-8-15(20-3)11-16(9-14)21-4;1-18-14-7-13(8-15(10-14)19-2)12-4-3-11-5-6-17-16(11)9-12;1-2/h5-11,22H,1H2,2-4H3;3-10,17H,1-2H3;1-2H3. The number of aromatic nitrogens is 1. The lowest BCUT2D eigenvalue weighted by atomic mass is 10.0. The first-order valence-electron chi connectivity index (χ1n) is 13.9. The van der Waals surface area contributed by atoms with Gasteiger partial charge in [0.1, 0.15) is 23.0 Å². The summed E-state index contributed by atoms with van der Waals surface area (Å²) in [5, 5.41) is 1.21. The van der Waals surface area contributed by atoms with Crippen molar-refractivity contribution in [3.05, 3.63) is 103 Å². The van der Waals surface area contributed by atoms with E-state index >= 15 is 0 Å². The third-order valence-electron chi connectivity index (χ3n) is 6.67. The molecule has 43 heavy (non-hydrogen) atoms. The molecule has 8 heteroatoms. The monoisotopic (exact) mass is 618 g/mol. The number of hydrogen-bond acceptors (Lipinski definition) is 5. The maximum atomic E-state index is 6.01. The quantitative estimate of drug-likeness (QED) is 0.167. The molecule has 0 bridgehead atoms. The number of nitrogens with one attached hydrogen (secondary N) is 1. The fourth-order valence-electron chi connectivity index (χ4n) is 4.40. The van der Waals surface area contributed by atoms with Crippen molar-refractivity contribution in [1.82, 2.24) is 4.98 Å². The highest BCUT2D eigenvalue weighted by Crippen LogP contribution is 2.37. The second kappa shape index (κ2) is 16.5. The highest BCUT2D eigenvalue weighted by Gasteiger charge is 2.10. The summed E-state index contributed by atoms with van der Waals surface area (Å²) in [6.45, 7) is 9.87. The highest BCUT2D eigenvalue weighted by atomic mass is 35.7. The van der Waals surface area contributed by atoms with E-state index in [2.05, 4.69) is 61.0 Å². The number of fused-ring (bicyclic) bond motifs is 1. The first-order valence-corrected chi connectivity index (χ1v) is 15.8. The molecule has 4 aromatic carbocycles. The number of aromatic amines is 1. The lowest BCUT2D eigenvalue weighted by Crippen LogP contribution is -2.02. The van der Waals surface area contributed by atoms with Crippen LogP contribution in [-0.4, -0.2) is 33.4 Å². The summed E-state index contributed by atoms with van der Waals surface area (Å²) >= 11 is 6.01. The van der Waals surface area contributed by atoms with Crippen LogP contribution < -0.4 is 23.6 Å². The summed E-state index contributed by atoms with van der Waals surface area (Å²) in [7, 11) is 6.72. The SMILES string of the molecule is C=CN(PCl)c1cc(-c2cc(OC)cc(OC)c2)ccc1C.CC.COc1cc(OC)cc(-c2ccc3cc[nH]c3c2)c1. The predicted octanol–water partition coefficient (Wildman–Crippen LogP) is 10.3. The molecule has 0 aliphatic heterocycles. The summed E-state index contributed by atoms with van der Waals surface area (Å²) in [6, 6.07) is 26.4. The number of nitrogens with zero attached hydrogens (tertiary/aromatic N) is 1. The molecule has 5 rings (SSSR count). The van der Waals surface area contributed by atoms with Gasteiger partial charge in [-0.3, -0.25) is 0 Å². The van der Waals surface area contributed by atoms with E-state index < -0.39 is 0 Å². The van der Waals surface area contributed by atoms with Crippen LogP contribution in [0.3, 0.4) is 0 Å². The van der Waals surface area contributed by atoms with Gasteiger partial charge in [-0.15, -0.1) is 0 Å². The minimum Gasteiger partial charge on any atom is -0.497 e. The molecular formula is C35H40ClN2O4P. The number of aryl methyl sites for hydroxylation is 1. The van der Waals surface area contributed by atoms with E-state index in [1.54, 1.807) is 34.6 Å². The Bertz CT molecular complexity index is 1590. The van der Waals surface area contributed by atoms with Crippen molar-refractivity contribution in [3.8, 4) is 45.3 Å². The van der Waals surface area contributed by atoms with Crippen LogP contribution in [-0.2, 0) is 0 Å². The predicted molar refractivity (Wildman–Crippen MR) is 185 cm³/mol. The fraction of sp³-hybridized carbons (Fsp3) is 0.200. The Labute approximate surface area is 261 Å². The van der Waals surface area contributed by atoms with E-state index in [-0.39, 0.29) is 8.08 Å². The van der Waals surface area contributed by atoms with Crippen LogP contribution in [0, 0.1) is 6.92 Å². The topological polar surface area (TPSA) is 56.0 Å². The lowest BCUT2D eigenvalue weighted by molar-refractivity contribution is 0.394. The van der Waals surface area contributed by atoms with E-state index in [0.717, 1.165) is 62.0 Å². The zero-order valence-electron chi connectivity index (χ0n) is 25.8. The van der Waals surface area contributed by atoms with Crippen molar-refractivity contribution in [2.24, 2.45) is 0 Å². The lowest BCUT2D eigenvalue weighted by Gasteiger charge is -2.20. The van der Waals surface area contributed by atoms with E-state index in [0.29, 0.717) is 0 Å². The minimum atomic E-state index is 0.110. The Morgan fingerprint density at radius 3 is 1.63 bits per heavy atom. The van der Waals surface area contributed by atoms with E-state index in [9.17, 15) is 0 Å². The van der Waals surface area contributed by atoms with Crippen molar-refractivity contribution < 1.29 is 18.9 Å². The third kappa shape index (κ3) is 8.47. The smallest absolute Gasteiger partial charge is 0.123 e. The number of rotatable bonds is 9. The Balaban J connectivity index is 0.000000224. The van der Waals surface area contributed by atoms with E-state index in [1.165, 1.54) is 5.39 Å². The van der Waals surface area contributed by atoms with Crippen LogP contribution in [0.25, 0.3) is 33.2 Å². The molecule has 1 atom stereocenters. The average molecular weight is 619 g/mol. The number of benzene rings is 4. The van der Waals surface area contributed by atoms with Crippen LogP contribution in [0.2, 0.25) is 0 Å². The zero-order valence-corrected chi connectivity index (χ0v) is 27.6. The van der Waals surface area contributed by atoms with Crippen LogP contribution >= 0.6 is 19.3 Å². The summed E-state index contributed by atoms with van der Waals surface area (Å²) in [5.74, 6) is 3.11. The second-order valence-corrected chi connectivity index (χ2v) is 10.3. The van der Waals surface area contributed by atoms with Crippen molar-refractivity contribution in [1.29, 1.82) is 0 Å². The second-order valence-electron chi connectivity index (χ2n) is 9.12. The summed E-state index contributed by atoms with van der Waals surface area (Å²) in [4.78, 5) is 3.22. The Morgan fingerprint density at radius 1 is 0.674 bits per heavy atom. The van der Waals surface area contributed by atoms with Crippen LogP contribution in [0.5, 0.6) is 23.0 Å². The number of anilines is 1. The van der Waals surface area contributed by atoms with Gasteiger partial charge in [0.15, 0.2) is 0 Å². The molecule has 6 nitrogen and oxygen atoms in total. The van der Waals surface area contributed by atoms with Gasteiger partial charge in [0.25, 0.3) is 0 Å². The molecule has 0 saturated heterocycles. The Hall–Kier alpha value is -4.12. The van der Waals surface area contributed by atoms with Crippen LogP contribution in [0.15, 0.2) is 97.8 Å². The molecule has 0 spiro atoms. The van der Waals surface area contributed by atoms with Crippen molar-refractivity contribution in [2.75, 3.05) is 33.1 Å². The highest BCUT2D eigenvalue weighted by molar-refractivity contribution is 7.69. The van der Waals surface area contributed by atoms with Gasteiger partial charge in [-0.05, 0) is 82.6 Å². The molecule has 1 unspecified atom stereocenters. The number of methoxy groups -OCH3 is 4. The number of hydrogen-bond donors (Lipinski definition) is 1. The van der Waals surface area contributed by atoms with Gasteiger partial charge >= 0.3 is 0 Å². The number of H-pyrrole nitrogens is 1. The molecule has 1 heterocycles. The first kappa shape index (κ1) is 33.4.